The van der Waals surface area contributed by atoms with Gasteiger partial charge in [0.2, 0.25) is 5.91 Å². The minimum atomic E-state index is -0.137. The molecule has 19 heavy (non-hydrogen) atoms. The Labute approximate surface area is 121 Å². The number of carbonyl (C=O) groups is 2. The molecule has 0 radical (unpaired) electrons. The Morgan fingerprint density at radius 2 is 2.11 bits per heavy atom. The Kier molecular flexibility index (Phi) is 4.24. The summed E-state index contributed by atoms with van der Waals surface area (Å²) in [5.41, 5.74) is 1.60. The van der Waals surface area contributed by atoms with Crippen LogP contribution < -0.4 is 5.32 Å². The van der Waals surface area contributed by atoms with Crippen molar-refractivity contribution in [1.29, 1.82) is 0 Å². The first kappa shape index (κ1) is 14.1. The molecule has 1 aliphatic carbocycles. The highest BCUT2D eigenvalue weighted by molar-refractivity contribution is 9.10. The summed E-state index contributed by atoms with van der Waals surface area (Å²) in [5, 5.41) is 2.87. The van der Waals surface area contributed by atoms with Crippen molar-refractivity contribution in [2.75, 3.05) is 13.6 Å². The van der Waals surface area contributed by atoms with Gasteiger partial charge in [0, 0.05) is 23.1 Å². The van der Waals surface area contributed by atoms with Crippen molar-refractivity contribution in [3.8, 4) is 0 Å². The van der Waals surface area contributed by atoms with Crippen molar-refractivity contribution in [2.45, 2.75) is 25.8 Å². The highest BCUT2D eigenvalue weighted by atomic mass is 79.9. The van der Waals surface area contributed by atoms with Gasteiger partial charge in [-0.2, -0.15) is 0 Å². The number of aryl methyl sites for hydroxylation is 1. The van der Waals surface area contributed by atoms with Crippen LogP contribution in [0.25, 0.3) is 0 Å². The maximum absolute atomic E-state index is 12.2. The summed E-state index contributed by atoms with van der Waals surface area (Å²) in [6.45, 7) is 2.03. The number of hydrogen-bond donors (Lipinski definition) is 1. The minimum Gasteiger partial charge on any atom is -0.352 e. The maximum Gasteiger partial charge on any atom is 0.254 e. The number of likely N-dealkylation sites (N-methyl/N-ethyl adjacent to an activating group) is 1. The normalized spacial score (nSPS) is 14.1. The van der Waals surface area contributed by atoms with Crippen molar-refractivity contribution in [1.82, 2.24) is 10.2 Å². The van der Waals surface area contributed by atoms with Crippen LogP contribution in [0.4, 0.5) is 0 Å². The van der Waals surface area contributed by atoms with Gasteiger partial charge in [0.1, 0.15) is 0 Å². The van der Waals surface area contributed by atoms with E-state index in [1.165, 1.54) is 4.90 Å². The molecule has 0 heterocycles. The number of nitrogens with zero attached hydrogens (tertiary/aromatic N) is 1. The number of benzene rings is 1. The Bertz CT molecular complexity index is 512. The van der Waals surface area contributed by atoms with Crippen LogP contribution in [0, 0.1) is 6.92 Å². The summed E-state index contributed by atoms with van der Waals surface area (Å²) in [6.07, 6.45) is 2.10. The van der Waals surface area contributed by atoms with Crippen LogP contribution >= 0.6 is 15.9 Å². The molecule has 0 saturated heterocycles. The summed E-state index contributed by atoms with van der Waals surface area (Å²) < 4.78 is 0.971. The molecule has 1 fully saturated rings. The van der Waals surface area contributed by atoms with Gasteiger partial charge >= 0.3 is 0 Å². The zero-order valence-electron chi connectivity index (χ0n) is 11.1. The van der Waals surface area contributed by atoms with E-state index >= 15 is 0 Å². The first-order valence-electron chi connectivity index (χ1n) is 6.28. The first-order chi connectivity index (χ1) is 8.97. The van der Waals surface area contributed by atoms with E-state index in [0.29, 0.717) is 11.6 Å². The third kappa shape index (κ3) is 3.80. The van der Waals surface area contributed by atoms with Crippen molar-refractivity contribution in [2.24, 2.45) is 0 Å². The van der Waals surface area contributed by atoms with Gasteiger partial charge in [-0.25, -0.2) is 0 Å². The average Bonchev–Trinajstić information content (AvgIpc) is 3.15. The van der Waals surface area contributed by atoms with E-state index in [4.69, 9.17) is 0 Å². The number of nitrogens with one attached hydrogen (secondary N) is 1. The standard InChI is InChI=1S/C14H17BrN2O2/c1-9-7-10(3-6-12(9)15)14(19)17(2)8-13(18)16-11-4-5-11/h3,6-7,11H,4-5,8H2,1-2H3,(H,16,18). The average molecular weight is 325 g/mol. The second kappa shape index (κ2) is 5.74. The maximum atomic E-state index is 12.2. The highest BCUT2D eigenvalue weighted by Crippen LogP contribution is 2.19. The molecule has 5 heteroatoms. The highest BCUT2D eigenvalue weighted by Gasteiger charge is 2.24. The van der Waals surface area contributed by atoms with Crippen molar-refractivity contribution in [3.05, 3.63) is 33.8 Å². The quantitative estimate of drug-likeness (QED) is 0.922. The lowest BCUT2D eigenvalue weighted by Gasteiger charge is -2.17. The van der Waals surface area contributed by atoms with Gasteiger partial charge in [-0.05, 0) is 43.5 Å². The minimum absolute atomic E-state index is 0.0906. The molecule has 1 aromatic rings. The van der Waals surface area contributed by atoms with Crippen LogP contribution in [0.3, 0.4) is 0 Å². The fourth-order valence-corrected chi connectivity index (χ4v) is 2.03. The zero-order valence-corrected chi connectivity index (χ0v) is 12.7. The van der Waals surface area contributed by atoms with Crippen molar-refractivity contribution in [3.63, 3.8) is 0 Å². The summed E-state index contributed by atoms with van der Waals surface area (Å²) in [7, 11) is 1.65. The van der Waals surface area contributed by atoms with Crippen LogP contribution in [0.15, 0.2) is 22.7 Å². The monoisotopic (exact) mass is 324 g/mol. The van der Waals surface area contributed by atoms with Gasteiger partial charge in [0.15, 0.2) is 0 Å². The van der Waals surface area contributed by atoms with E-state index in [0.717, 1.165) is 22.9 Å². The van der Waals surface area contributed by atoms with E-state index in [1.807, 2.05) is 19.1 Å². The number of hydrogen-bond acceptors (Lipinski definition) is 2. The lowest BCUT2D eigenvalue weighted by atomic mass is 10.1. The summed E-state index contributed by atoms with van der Waals surface area (Å²) in [4.78, 5) is 25.3. The Morgan fingerprint density at radius 1 is 1.42 bits per heavy atom. The van der Waals surface area contributed by atoms with E-state index in [1.54, 1.807) is 13.1 Å². The second-order valence-electron chi connectivity index (χ2n) is 4.97. The molecule has 1 N–H and O–H groups in total. The fourth-order valence-electron chi connectivity index (χ4n) is 1.79. The van der Waals surface area contributed by atoms with Gasteiger partial charge in [-0.3, -0.25) is 9.59 Å². The SMILES string of the molecule is Cc1cc(C(=O)N(C)CC(=O)NC2CC2)ccc1Br. The molecule has 4 nitrogen and oxygen atoms in total. The Hall–Kier alpha value is -1.36. The van der Waals surface area contributed by atoms with Gasteiger partial charge in [0.05, 0.1) is 6.54 Å². The van der Waals surface area contributed by atoms with E-state index in [2.05, 4.69) is 21.2 Å². The number of amides is 2. The molecule has 1 saturated carbocycles. The fraction of sp³-hybridized carbons (Fsp3) is 0.429. The second-order valence-corrected chi connectivity index (χ2v) is 5.82. The molecule has 0 aromatic heterocycles. The van der Waals surface area contributed by atoms with E-state index < -0.39 is 0 Å². The van der Waals surface area contributed by atoms with Crippen molar-refractivity contribution >= 4 is 27.7 Å². The van der Waals surface area contributed by atoms with Crippen LogP contribution in [-0.2, 0) is 4.79 Å². The molecule has 2 rings (SSSR count). The molecule has 0 atom stereocenters. The largest absolute Gasteiger partial charge is 0.352 e. The van der Waals surface area contributed by atoms with Crippen LogP contribution in [0.2, 0.25) is 0 Å². The van der Waals surface area contributed by atoms with Gasteiger partial charge in [-0.15, -0.1) is 0 Å². The third-order valence-corrected chi connectivity index (χ3v) is 3.96. The summed E-state index contributed by atoms with van der Waals surface area (Å²) in [6, 6.07) is 5.75. The molecule has 0 aliphatic heterocycles. The molecular formula is C14H17BrN2O2. The zero-order chi connectivity index (χ0) is 14.0. The summed E-state index contributed by atoms with van der Waals surface area (Å²) >= 11 is 3.40. The lowest BCUT2D eigenvalue weighted by Crippen LogP contribution is -2.39. The molecular weight excluding hydrogens is 308 g/mol. The molecule has 0 bridgehead atoms. The van der Waals surface area contributed by atoms with E-state index in [9.17, 15) is 9.59 Å². The topological polar surface area (TPSA) is 49.4 Å². The molecule has 2 amide bonds. The predicted molar refractivity (Wildman–Crippen MR) is 77.0 cm³/mol. The number of rotatable bonds is 4. The molecule has 1 aliphatic rings. The van der Waals surface area contributed by atoms with Gasteiger partial charge in [0.25, 0.3) is 5.91 Å². The van der Waals surface area contributed by atoms with Crippen LogP contribution in [0.1, 0.15) is 28.8 Å². The first-order valence-corrected chi connectivity index (χ1v) is 7.07. The lowest BCUT2D eigenvalue weighted by molar-refractivity contribution is -0.121. The molecule has 102 valence electrons. The van der Waals surface area contributed by atoms with Crippen LogP contribution in [0.5, 0.6) is 0 Å². The Balaban J connectivity index is 1.97. The smallest absolute Gasteiger partial charge is 0.254 e. The van der Waals surface area contributed by atoms with Crippen molar-refractivity contribution < 1.29 is 9.59 Å². The molecule has 0 unspecified atom stereocenters. The third-order valence-electron chi connectivity index (χ3n) is 3.07. The predicted octanol–water partition coefficient (Wildman–Crippen LogP) is 2.11. The molecule has 0 spiro atoms. The van der Waals surface area contributed by atoms with Crippen LogP contribution in [-0.4, -0.2) is 36.3 Å². The van der Waals surface area contributed by atoms with Gasteiger partial charge in [-0.1, -0.05) is 15.9 Å². The number of carbonyl (C=O) groups excluding carboxylic acids is 2. The number of halogens is 1. The van der Waals surface area contributed by atoms with Gasteiger partial charge < -0.3 is 10.2 Å². The Morgan fingerprint density at radius 3 is 2.68 bits per heavy atom. The molecule has 1 aromatic carbocycles. The summed E-state index contributed by atoms with van der Waals surface area (Å²) in [5.74, 6) is -0.228. The van der Waals surface area contributed by atoms with E-state index in [-0.39, 0.29) is 18.4 Å².